The molecule has 0 aromatic heterocycles. The van der Waals surface area contributed by atoms with Crippen LogP contribution in [0, 0.1) is 11.8 Å². The molecule has 0 amide bonds. The van der Waals surface area contributed by atoms with E-state index < -0.39 is 0 Å². The Balaban J connectivity index is 1.71. The van der Waals surface area contributed by atoms with Gasteiger partial charge in [0.2, 0.25) is 0 Å². The van der Waals surface area contributed by atoms with Gasteiger partial charge in [0.1, 0.15) is 0 Å². The first-order chi connectivity index (χ1) is 10.8. The molecule has 2 heterocycles. The van der Waals surface area contributed by atoms with Crippen LogP contribution in [0.1, 0.15) is 23.0 Å². The molecule has 0 bridgehead atoms. The van der Waals surface area contributed by atoms with Crippen molar-refractivity contribution in [3.05, 3.63) is 59.7 Å². The highest BCUT2D eigenvalue weighted by Crippen LogP contribution is 2.67. The van der Waals surface area contributed by atoms with Gasteiger partial charge in [-0.25, -0.2) is 0 Å². The number of fused-ring (bicyclic) bond motifs is 8. The Morgan fingerprint density at radius 1 is 0.591 bits per heavy atom. The number of carbonyl (C=O) groups excluding carboxylic acids is 2. The van der Waals surface area contributed by atoms with Crippen molar-refractivity contribution in [3.63, 3.8) is 0 Å². The van der Waals surface area contributed by atoms with Gasteiger partial charge in [0.15, 0.2) is 10.2 Å². The molecule has 5 rings (SSSR count). The first-order valence-electron chi connectivity index (χ1n) is 7.37. The van der Waals surface area contributed by atoms with E-state index in [0.717, 1.165) is 9.79 Å². The van der Waals surface area contributed by atoms with E-state index in [1.165, 1.54) is 34.7 Å². The van der Waals surface area contributed by atoms with Crippen LogP contribution in [0.25, 0.3) is 0 Å². The van der Waals surface area contributed by atoms with Crippen LogP contribution in [-0.4, -0.2) is 10.2 Å². The van der Waals surface area contributed by atoms with Crippen molar-refractivity contribution in [3.8, 4) is 0 Å². The minimum Gasteiger partial charge on any atom is -0.286 e. The maximum absolute atomic E-state index is 12.5. The Kier molecular flexibility index (Phi) is 2.65. The molecule has 2 aromatic rings. The highest BCUT2D eigenvalue weighted by Gasteiger charge is 2.62. The van der Waals surface area contributed by atoms with E-state index >= 15 is 0 Å². The van der Waals surface area contributed by atoms with E-state index in [1.807, 2.05) is 36.4 Å². The summed E-state index contributed by atoms with van der Waals surface area (Å²) in [5.41, 5.74) is 2.49. The molecule has 108 valence electrons. The van der Waals surface area contributed by atoms with Gasteiger partial charge in [0, 0.05) is 33.5 Å². The van der Waals surface area contributed by atoms with Crippen LogP contribution in [0.4, 0.5) is 0 Å². The standard InChI is InChI=1S/C18H12O2S2/c19-17-15-13(9-5-1-3-7-11(9)21-17)14-10-6-2-4-8-12(10)22-18(20)16(14)15/h1-8,13-16H/t13-,14-,15-,16-/m0/s1. The van der Waals surface area contributed by atoms with Crippen LogP contribution in [0.3, 0.4) is 0 Å². The van der Waals surface area contributed by atoms with Crippen LogP contribution in [0.5, 0.6) is 0 Å². The summed E-state index contributed by atoms with van der Waals surface area (Å²) in [5.74, 6) is 0.0541. The molecule has 0 spiro atoms. The van der Waals surface area contributed by atoms with E-state index in [2.05, 4.69) is 12.1 Å². The first-order valence-corrected chi connectivity index (χ1v) is 9.00. The lowest BCUT2D eigenvalue weighted by atomic mass is 9.53. The summed E-state index contributed by atoms with van der Waals surface area (Å²) in [7, 11) is 0. The molecule has 4 heteroatoms. The molecule has 1 fully saturated rings. The first kappa shape index (κ1) is 13.0. The van der Waals surface area contributed by atoms with Crippen molar-refractivity contribution in [1.82, 2.24) is 0 Å². The summed E-state index contributed by atoms with van der Waals surface area (Å²) in [6.45, 7) is 0. The Hall–Kier alpha value is -1.52. The molecule has 2 aromatic carbocycles. The van der Waals surface area contributed by atoms with Crippen LogP contribution in [0.2, 0.25) is 0 Å². The third kappa shape index (κ3) is 1.54. The number of hydrogen-bond donors (Lipinski definition) is 0. The van der Waals surface area contributed by atoms with Crippen LogP contribution in [-0.2, 0) is 9.59 Å². The molecular weight excluding hydrogens is 312 g/mol. The molecule has 2 aliphatic heterocycles. The van der Waals surface area contributed by atoms with E-state index in [-0.39, 0.29) is 33.9 Å². The van der Waals surface area contributed by atoms with Crippen LogP contribution in [0.15, 0.2) is 58.3 Å². The topological polar surface area (TPSA) is 34.1 Å². The summed E-state index contributed by atoms with van der Waals surface area (Å²) in [4.78, 5) is 27.2. The zero-order chi connectivity index (χ0) is 14.8. The average Bonchev–Trinajstić information content (AvgIpc) is 2.49. The van der Waals surface area contributed by atoms with Gasteiger partial charge >= 0.3 is 0 Å². The van der Waals surface area contributed by atoms with Crippen molar-refractivity contribution < 1.29 is 9.59 Å². The molecule has 0 saturated heterocycles. The lowest BCUT2D eigenvalue weighted by Crippen LogP contribution is -2.52. The smallest absolute Gasteiger partial charge is 0.198 e. The second-order valence-corrected chi connectivity index (χ2v) is 8.11. The van der Waals surface area contributed by atoms with Gasteiger partial charge in [0.05, 0.1) is 0 Å². The van der Waals surface area contributed by atoms with E-state index in [9.17, 15) is 9.59 Å². The van der Waals surface area contributed by atoms with Crippen molar-refractivity contribution in [2.75, 3.05) is 0 Å². The number of benzene rings is 2. The average molecular weight is 324 g/mol. The van der Waals surface area contributed by atoms with Gasteiger partial charge in [-0.3, -0.25) is 9.59 Å². The summed E-state index contributed by atoms with van der Waals surface area (Å²) in [6.07, 6.45) is 0. The van der Waals surface area contributed by atoms with Crippen LogP contribution < -0.4 is 0 Å². The minimum absolute atomic E-state index is 0.141. The molecule has 3 aliphatic rings. The second kappa shape index (κ2) is 4.49. The predicted molar refractivity (Wildman–Crippen MR) is 87.1 cm³/mol. The van der Waals surface area contributed by atoms with Gasteiger partial charge in [-0.05, 0) is 23.3 Å². The number of rotatable bonds is 0. The largest absolute Gasteiger partial charge is 0.286 e. The van der Waals surface area contributed by atoms with Gasteiger partial charge in [-0.1, -0.05) is 59.9 Å². The molecule has 1 aliphatic carbocycles. The SMILES string of the molecule is O=C1Sc2ccccc2[C@@H]2[C@H]1[C@H]1C(=O)Sc3ccccc3[C@H]12. The van der Waals surface area contributed by atoms with Crippen LogP contribution >= 0.6 is 23.5 Å². The lowest BCUT2D eigenvalue weighted by Gasteiger charge is -2.54. The fourth-order valence-corrected chi connectivity index (χ4v) is 6.39. The van der Waals surface area contributed by atoms with Gasteiger partial charge in [0.25, 0.3) is 0 Å². The maximum atomic E-state index is 12.5. The maximum Gasteiger partial charge on any atom is 0.198 e. The fourth-order valence-electron chi connectivity index (χ4n) is 4.16. The number of thioether (sulfide) groups is 2. The molecule has 0 N–H and O–H groups in total. The Bertz CT molecular complexity index is 760. The Morgan fingerprint density at radius 2 is 1.00 bits per heavy atom. The molecule has 2 nitrogen and oxygen atoms in total. The molecule has 4 atom stereocenters. The Morgan fingerprint density at radius 3 is 1.45 bits per heavy atom. The summed E-state index contributed by atoms with van der Waals surface area (Å²) in [5, 5.41) is 0.330. The zero-order valence-electron chi connectivity index (χ0n) is 11.6. The fraction of sp³-hybridized carbons (Fsp3) is 0.222. The van der Waals surface area contributed by atoms with E-state index in [1.54, 1.807) is 0 Å². The normalized spacial score (nSPS) is 31.5. The number of carbonyl (C=O) groups is 2. The van der Waals surface area contributed by atoms with Gasteiger partial charge < -0.3 is 0 Å². The lowest BCUT2D eigenvalue weighted by molar-refractivity contribution is -0.132. The monoisotopic (exact) mass is 324 g/mol. The Labute approximate surface area is 136 Å². The summed E-state index contributed by atoms with van der Waals surface area (Å²) >= 11 is 2.63. The highest BCUT2D eigenvalue weighted by molar-refractivity contribution is 8.14. The highest BCUT2D eigenvalue weighted by atomic mass is 32.2. The third-order valence-corrected chi connectivity index (χ3v) is 7.20. The van der Waals surface area contributed by atoms with Crippen molar-refractivity contribution in [2.24, 2.45) is 11.8 Å². The van der Waals surface area contributed by atoms with Crippen molar-refractivity contribution in [1.29, 1.82) is 0 Å². The van der Waals surface area contributed by atoms with Crippen molar-refractivity contribution in [2.45, 2.75) is 21.6 Å². The third-order valence-electron chi connectivity index (χ3n) is 5.07. The number of hydrogen-bond acceptors (Lipinski definition) is 4. The second-order valence-electron chi connectivity index (χ2n) is 6.02. The van der Waals surface area contributed by atoms with E-state index in [0.29, 0.717) is 0 Å². The van der Waals surface area contributed by atoms with Crippen molar-refractivity contribution >= 4 is 33.8 Å². The molecule has 22 heavy (non-hydrogen) atoms. The quantitative estimate of drug-likeness (QED) is 0.732. The minimum atomic E-state index is -0.141. The van der Waals surface area contributed by atoms with Gasteiger partial charge in [-0.15, -0.1) is 0 Å². The zero-order valence-corrected chi connectivity index (χ0v) is 13.2. The summed E-state index contributed by atoms with van der Waals surface area (Å²) < 4.78 is 0. The van der Waals surface area contributed by atoms with Gasteiger partial charge in [-0.2, -0.15) is 0 Å². The summed E-state index contributed by atoms with van der Waals surface area (Å²) in [6, 6.07) is 16.3. The molecular formula is C18H12O2S2. The predicted octanol–water partition coefficient (Wildman–Crippen LogP) is 4.06. The molecule has 0 radical (unpaired) electrons. The molecule has 1 saturated carbocycles. The van der Waals surface area contributed by atoms with E-state index in [4.69, 9.17) is 0 Å². The molecule has 0 unspecified atom stereocenters.